The first-order valence-corrected chi connectivity index (χ1v) is 9.48. The summed E-state index contributed by atoms with van der Waals surface area (Å²) in [6, 6.07) is 6.94. The van der Waals surface area contributed by atoms with E-state index < -0.39 is 10.0 Å². The van der Waals surface area contributed by atoms with E-state index in [4.69, 9.17) is 25.8 Å². The highest BCUT2D eigenvalue weighted by Crippen LogP contribution is 2.37. The highest BCUT2D eigenvalue weighted by molar-refractivity contribution is 7.92. The van der Waals surface area contributed by atoms with Crippen molar-refractivity contribution in [3.8, 4) is 17.2 Å². The molecule has 0 radical (unpaired) electrons. The number of amides is 1. The summed E-state index contributed by atoms with van der Waals surface area (Å²) in [5, 5.41) is 2.84. The van der Waals surface area contributed by atoms with E-state index in [-0.39, 0.29) is 38.8 Å². The minimum absolute atomic E-state index is 0.0654. The molecule has 0 aliphatic rings. The number of rotatable bonds is 7. The van der Waals surface area contributed by atoms with Gasteiger partial charge in [-0.05, 0) is 12.1 Å². The number of ether oxygens (including phenoxy) is 3. The first-order valence-electron chi connectivity index (χ1n) is 7.61. The summed E-state index contributed by atoms with van der Waals surface area (Å²) in [6.07, 6.45) is 0. The van der Waals surface area contributed by atoms with E-state index in [2.05, 4.69) is 10.0 Å². The Balaban J connectivity index is 2.44. The lowest BCUT2D eigenvalue weighted by Gasteiger charge is -2.15. The molecule has 2 rings (SSSR count). The van der Waals surface area contributed by atoms with Gasteiger partial charge < -0.3 is 19.5 Å². The number of carbonyl (C=O) groups excluding carboxylic acids is 1. The van der Waals surface area contributed by atoms with Crippen molar-refractivity contribution >= 4 is 38.9 Å². The standard InChI is InChI=1S/C17H19ClN2O6S/c1-10(21)19-13-6-5-11(7-16(13)25-3)27(22,23)20-14-9-15(24-2)12(18)8-17(14)26-4/h5-9,20H,1-4H3,(H,19,21). The minimum Gasteiger partial charge on any atom is -0.495 e. The van der Waals surface area contributed by atoms with Crippen LogP contribution in [0.2, 0.25) is 5.02 Å². The smallest absolute Gasteiger partial charge is 0.262 e. The van der Waals surface area contributed by atoms with E-state index >= 15 is 0 Å². The lowest BCUT2D eigenvalue weighted by molar-refractivity contribution is -0.114. The zero-order valence-corrected chi connectivity index (χ0v) is 16.7. The fourth-order valence-corrected chi connectivity index (χ4v) is 3.58. The van der Waals surface area contributed by atoms with Crippen molar-refractivity contribution in [3.63, 3.8) is 0 Å². The Morgan fingerprint density at radius 2 is 1.52 bits per heavy atom. The number of halogens is 1. The van der Waals surface area contributed by atoms with Gasteiger partial charge in [0, 0.05) is 25.1 Å². The average molecular weight is 415 g/mol. The number of carbonyl (C=O) groups is 1. The summed E-state index contributed by atoms with van der Waals surface area (Å²) < 4.78 is 43.4. The Morgan fingerprint density at radius 1 is 0.926 bits per heavy atom. The van der Waals surface area contributed by atoms with Gasteiger partial charge in [0.15, 0.2) is 0 Å². The molecule has 0 aliphatic heterocycles. The van der Waals surface area contributed by atoms with Crippen LogP contribution in [0.25, 0.3) is 0 Å². The van der Waals surface area contributed by atoms with E-state index in [9.17, 15) is 13.2 Å². The van der Waals surface area contributed by atoms with Crippen LogP contribution in [0.1, 0.15) is 6.92 Å². The molecule has 2 aromatic carbocycles. The predicted molar refractivity (Wildman–Crippen MR) is 103 cm³/mol. The van der Waals surface area contributed by atoms with Crippen molar-refractivity contribution in [1.29, 1.82) is 0 Å². The lowest BCUT2D eigenvalue weighted by atomic mass is 10.3. The maximum absolute atomic E-state index is 12.8. The van der Waals surface area contributed by atoms with Gasteiger partial charge in [0.05, 0.1) is 42.6 Å². The van der Waals surface area contributed by atoms with E-state index in [1.54, 1.807) is 0 Å². The van der Waals surface area contributed by atoms with Gasteiger partial charge in [0.2, 0.25) is 5.91 Å². The first kappa shape index (κ1) is 20.7. The van der Waals surface area contributed by atoms with Crippen molar-refractivity contribution in [2.24, 2.45) is 0 Å². The quantitative estimate of drug-likeness (QED) is 0.721. The Hall–Kier alpha value is -2.65. The van der Waals surface area contributed by atoms with Crippen molar-refractivity contribution < 1.29 is 27.4 Å². The molecule has 146 valence electrons. The number of anilines is 2. The van der Waals surface area contributed by atoms with Crippen LogP contribution >= 0.6 is 11.6 Å². The van der Waals surface area contributed by atoms with Gasteiger partial charge in [0.1, 0.15) is 17.2 Å². The first-order chi connectivity index (χ1) is 12.7. The van der Waals surface area contributed by atoms with Crippen LogP contribution in [0.5, 0.6) is 17.2 Å². The van der Waals surface area contributed by atoms with Crippen LogP contribution in [0, 0.1) is 0 Å². The van der Waals surface area contributed by atoms with Gasteiger partial charge >= 0.3 is 0 Å². The Bertz CT molecular complexity index is 962. The van der Waals surface area contributed by atoms with E-state index in [1.165, 1.54) is 58.6 Å². The molecular weight excluding hydrogens is 396 g/mol. The van der Waals surface area contributed by atoms with Gasteiger partial charge in [-0.3, -0.25) is 9.52 Å². The molecule has 0 spiro atoms. The SMILES string of the molecule is COc1cc(NS(=O)(=O)c2ccc(NC(C)=O)c(OC)c2)c(OC)cc1Cl. The average Bonchev–Trinajstić information content (AvgIpc) is 2.62. The summed E-state index contributed by atoms with van der Waals surface area (Å²) in [4.78, 5) is 11.2. The number of methoxy groups -OCH3 is 3. The topological polar surface area (TPSA) is 103 Å². The normalized spacial score (nSPS) is 10.9. The second-order valence-electron chi connectivity index (χ2n) is 5.34. The second kappa shape index (κ2) is 8.36. The van der Waals surface area contributed by atoms with Gasteiger partial charge in [-0.2, -0.15) is 0 Å². The molecule has 0 atom stereocenters. The third kappa shape index (κ3) is 4.75. The number of benzene rings is 2. The molecule has 2 aromatic rings. The Kier molecular flexibility index (Phi) is 6.40. The molecule has 8 nitrogen and oxygen atoms in total. The molecule has 27 heavy (non-hydrogen) atoms. The number of hydrogen-bond acceptors (Lipinski definition) is 6. The van der Waals surface area contributed by atoms with E-state index in [1.807, 2.05) is 0 Å². The Labute approximate surface area is 162 Å². The van der Waals surface area contributed by atoms with Crippen molar-refractivity contribution in [1.82, 2.24) is 0 Å². The minimum atomic E-state index is -3.98. The molecule has 0 bridgehead atoms. The van der Waals surface area contributed by atoms with E-state index in [0.29, 0.717) is 5.69 Å². The molecule has 0 aliphatic carbocycles. The van der Waals surface area contributed by atoms with Gasteiger partial charge in [-0.1, -0.05) is 11.6 Å². The van der Waals surface area contributed by atoms with Crippen LogP contribution in [0.3, 0.4) is 0 Å². The molecule has 0 saturated heterocycles. The van der Waals surface area contributed by atoms with Gasteiger partial charge in [0.25, 0.3) is 10.0 Å². The fraction of sp³-hybridized carbons (Fsp3) is 0.235. The van der Waals surface area contributed by atoms with Crippen LogP contribution in [0.4, 0.5) is 11.4 Å². The van der Waals surface area contributed by atoms with Gasteiger partial charge in [-0.25, -0.2) is 8.42 Å². The molecule has 0 heterocycles. The molecule has 1 amide bonds. The highest BCUT2D eigenvalue weighted by Gasteiger charge is 2.20. The molecule has 0 aromatic heterocycles. The highest BCUT2D eigenvalue weighted by atomic mass is 35.5. The van der Waals surface area contributed by atoms with Crippen LogP contribution in [-0.4, -0.2) is 35.7 Å². The zero-order chi connectivity index (χ0) is 20.2. The molecule has 0 unspecified atom stereocenters. The molecule has 0 fully saturated rings. The second-order valence-corrected chi connectivity index (χ2v) is 7.43. The molecular formula is C17H19ClN2O6S. The maximum Gasteiger partial charge on any atom is 0.262 e. The number of nitrogens with one attached hydrogen (secondary N) is 2. The number of sulfonamides is 1. The van der Waals surface area contributed by atoms with Crippen LogP contribution in [0.15, 0.2) is 35.2 Å². The van der Waals surface area contributed by atoms with Crippen LogP contribution < -0.4 is 24.2 Å². The summed E-state index contributed by atoms with van der Waals surface area (Å²) in [7, 11) is 0.194. The van der Waals surface area contributed by atoms with Crippen LogP contribution in [-0.2, 0) is 14.8 Å². The molecule has 2 N–H and O–H groups in total. The third-order valence-electron chi connectivity index (χ3n) is 3.51. The summed E-state index contributed by atoms with van der Waals surface area (Å²) in [6.45, 7) is 1.34. The van der Waals surface area contributed by atoms with E-state index in [0.717, 1.165) is 0 Å². The summed E-state index contributed by atoms with van der Waals surface area (Å²) >= 11 is 6.03. The van der Waals surface area contributed by atoms with Crippen molar-refractivity contribution in [2.75, 3.05) is 31.4 Å². The van der Waals surface area contributed by atoms with Crippen molar-refractivity contribution in [2.45, 2.75) is 11.8 Å². The molecule has 10 heteroatoms. The third-order valence-corrected chi connectivity index (χ3v) is 5.17. The summed E-state index contributed by atoms with van der Waals surface area (Å²) in [5.74, 6) is 0.411. The predicted octanol–water partition coefficient (Wildman–Crippen LogP) is 3.13. The maximum atomic E-state index is 12.8. The fourth-order valence-electron chi connectivity index (χ4n) is 2.28. The van der Waals surface area contributed by atoms with Crippen molar-refractivity contribution in [3.05, 3.63) is 35.4 Å². The molecule has 0 saturated carbocycles. The zero-order valence-electron chi connectivity index (χ0n) is 15.1. The monoisotopic (exact) mass is 414 g/mol. The lowest BCUT2D eigenvalue weighted by Crippen LogP contribution is -2.14. The largest absolute Gasteiger partial charge is 0.495 e. The summed E-state index contributed by atoms with van der Waals surface area (Å²) in [5.41, 5.74) is 0.512. The number of hydrogen-bond donors (Lipinski definition) is 2. The van der Waals surface area contributed by atoms with Gasteiger partial charge in [-0.15, -0.1) is 0 Å². The Morgan fingerprint density at radius 3 is 2.07 bits per heavy atom.